The van der Waals surface area contributed by atoms with E-state index >= 15 is 0 Å². The van der Waals surface area contributed by atoms with Crippen molar-refractivity contribution in [2.45, 2.75) is 27.4 Å². The Morgan fingerprint density at radius 1 is 0.895 bits per heavy atom. The number of nitrogens with zero attached hydrogens (tertiary/aromatic N) is 1. The number of barbiturate groups is 1. The first-order chi connectivity index (χ1) is 18.2. The Hall–Kier alpha value is -4.42. The van der Waals surface area contributed by atoms with E-state index in [1.807, 2.05) is 38.1 Å². The molecule has 5 rings (SSSR count). The minimum absolute atomic E-state index is 0.165. The number of hydrogen-bond acceptors (Lipinski definition) is 4. The quantitative estimate of drug-likeness (QED) is 0.234. The van der Waals surface area contributed by atoms with E-state index in [0.717, 1.165) is 37.9 Å². The summed E-state index contributed by atoms with van der Waals surface area (Å²) in [6, 6.07) is 22.0. The van der Waals surface area contributed by atoms with Crippen LogP contribution in [0.3, 0.4) is 0 Å². The van der Waals surface area contributed by atoms with Crippen molar-refractivity contribution in [3.8, 4) is 5.75 Å². The number of carbonyl (C=O) groups excluding carboxylic acids is 3. The van der Waals surface area contributed by atoms with E-state index in [1.165, 1.54) is 6.08 Å². The summed E-state index contributed by atoms with van der Waals surface area (Å²) in [5, 5.41) is 4.85. The SMILES string of the molecule is Cc1ccc(C)c(N2C(=O)NC(=O)/C(=C\c3ccc(OCc4c(C)ccc5ccccc45)c(Cl)c3)C2=O)c1. The van der Waals surface area contributed by atoms with Gasteiger partial charge in [0.1, 0.15) is 17.9 Å². The fourth-order valence-electron chi connectivity index (χ4n) is 4.51. The van der Waals surface area contributed by atoms with Crippen LogP contribution in [0.5, 0.6) is 5.75 Å². The zero-order chi connectivity index (χ0) is 27.0. The summed E-state index contributed by atoms with van der Waals surface area (Å²) < 4.78 is 6.06. The van der Waals surface area contributed by atoms with E-state index in [0.29, 0.717) is 28.6 Å². The highest BCUT2D eigenvalue weighted by molar-refractivity contribution is 6.39. The maximum absolute atomic E-state index is 13.3. The number of ether oxygens (including phenoxy) is 1. The fourth-order valence-corrected chi connectivity index (χ4v) is 4.76. The molecule has 1 fully saturated rings. The lowest BCUT2D eigenvalue weighted by molar-refractivity contribution is -0.122. The summed E-state index contributed by atoms with van der Waals surface area (Å²) >= 11 is 6.53. The van der Waals surface area contributed by atoms with Gasteiger partial charge in [-0.3, -0.25) is 14.9 Å². The van der Waals surface area contributed by atoms with Gasteiger partial charge in [-0.25, -0.2) is 9.69 Å². The molecule has 1 N–H and O–H groups in total. The molecule has 1 saturated heterocycles. The van der Waals surface area contributed by atoms with Gasteiger partial charge in [-0.15, -0.1) is 0 Å². The molecule has 1 aliphatic rings. The van der Waals surface area contributed by atoms with E-state index < -0.39 is 17.8 Å². The number of hydrogen-bond donors (Lipinski definition) is 1. The lowest BCUT2D eigenvalue weighted by Crippen LogP contribution is -2.54. The topological polar surface area (TPSA) is 75.7 Å². The van der Waals surface area contributed by atoms with Gasteiger partial charge >= 0.3 is 6.03 Å². The Labute approximate surface area is 225 Å². The third-order valence-electron chi connectivity index (χ3n) is 6.62. The molecule has 0 aliphatic carbocycles. The predicted octanol–water partition coefficient (Wildman–Crippen LogP) is 6.66. The lowest BCUT2D eigenvalue weighted by atomic mass is 10.0. The summed E-state index contributed by atoms with van der Waals surface area (Å²) in [4.78, 5) is 39.4. The summed E-state index contributed by atoms with van der Waals surface area (Å²) in [5.41, 5.74) is 4.60. The van der Waals surface area contributed by atoms with Crippen molar-refractivity contribution < 1.29 is 19.1 Å². The van der Waals surface area contributed by atoms with Crippen LogP contribution in [-0.2, 0) is 16.2 Å². The number of halogens is 1. The van der Waals surface area contributed by atoms with Gasteiger partial charge in [0.25, 0.3) is 11.8 Å². The Bertz CT molecular complexity index is 1660. The van der Waals surface area contributed by atoms with Crippen LogP contribution in [0.1, 0.15) is 27.8 Å². The summed E-state index contributed by atoms with van der Waals surface area (Å²) in [6.07, 6.45) is 1.42. The lowest BCUT2D eigenvalue weighted by Gasteiger charge is -2.27. The molecule has 4 aromatic carbocycles. The second-order valence-electron chi connectivity index (χ2n) is 9.31. The van der Waals surface area contributed by atoms with Crippen molar-refractivity contribution in [1.82, 2.24) is 5.32 Å². The van der Waals surface area contributed by atoms with Crippen LogP contribution in [-0.4, -0.2) is 17.8 Å². The number of anilines is 1. The molecular weight excluding hydrogens is 500 g/mol. The van der Waals surface area contributed by atoms with Gasteiger partial charge in [-0.05, 0) is 78.1 Å². The number of rotatable bonds is 5. The molecule has 0 unspecified atom stereocenters. The van der Waals surface area contributed by atoms with Crippen LogP contribution in [0.15, 0.2) is 78.4 Å². The number of aryl methyl sites for hydroxylation is 3. The smallest absolute Gasteiger partial charge is 0.335 e. The molecule has 0 radical (unpaired) electrons. The molecule has 1 heterocycles. The van der Waals surface area contributed by atoms with Gasteiger partial charge in [0, 0.05) is 5.56 Å². The van der Waals surface area contributed by atoms with Crippen LogP contribution in [0.25, 0.3) is 16.8 Å². The van der Waals surface area contributed by atoms with Gasteiger partial charge < -0.3 is 4.74 Å². The van der Waals surface area contributed by atoms with Crippen molar-refractivity contribution in [2.75, 3.05) is 4.90 Å². The van der Waals surface area contributed by atoms with Crippen LogP contribution in [0.2, 0.25) is 5.02 Å². The van der Waals surface area contributed by atoms with Gasteiger partial charge in [0.2, 0.25) is 0 Å². The van der Waals surface area contributed by atoms with Crippen LogP contribution in [0.4, 0.5) is 10.5 Å². The van der Waals surface area contributed by atoms with E-state index in [2.05, 4.69) is 29.6 Å². The number of urea groups is 1. The van der Waals surface area contributed by atoms with Crippen LogP contribution in [0, 0.1) is 20.8 Å². The molecule has 190 valence electrons. The minimum Gasteiger partial charge on any atom is -0.487 e. The van der Waals surface area contributed by atoms with Crippen molar-refractivity contribution in [3.05, 3.63) is 111 Å². The standard InChI is InChI=1S/C31H25ClN2O4/c1-18-8-9-20(3)27(14-18)34-30(36)24(29(35)33-31(34)37)15-21-11-13-28(26(32)16-21)38-17-25-19(2)10-12-22-6-4-5-7-23(22)25/h4-16H,17H2,1-3H3,(H,33,35,37)/b24-15+. The molecule has 7 heteroatoms. The molecule has 0 saturated carbocycles. The fraction of sp³-hybridized carbons (Fsp3) is 0.129. The van der Waals surface area contributed by atoms with Crippen molar-refractivity contribution in [2.24, 2.45) is 0 Å². The van der Waals surface area contributed by atoms with Crippen LogP contribution >= 0.6 is 11.6 Å². The summed E-state index contributed by atoms with van der Waals surface area (Å²) in [5.74, 6) is -0.979. The number of fused-ring (bicyclic) bond motifs is 1. The van der Waals surface area contributed by atoms with Crippen molar-refractivity contribution in [3.63, 3.8) is 0 Å². The second-order valence-corrected chi connectivity index (χ2v) is 9.72. The van der Waals surface area contributed by atoms with E-state index in [-0.39, 0.29) is 5.57 Å². The molecule has 0 spiro atoms. The maximum atomic E-state index is 13.3. The number of nitrogens with one attached hydrogen (secondary N) is 1. The van der Waals surface area contributed by atoms with E-state index in [1.54, 1.807) is 31.2 Å². The molecular formula is C31H25ClN2O4. The normalized spacial score (nSPS) is 14.8. The average molecular weight is 525 g/mol. The number of amides is 4. The van der Waals surface area contributed by atoms with Gasteiger partial charge in [-0.2, -0.15) is 0 Å². The zero-order valence-corrected chi connectivity index (χ0v) is 21.9. The summed E-state index contributed by atoms with van der Waals surface area (Å²) in [6.45, 7) is 6.04. The highest BCUT2D eigenvalue weighted by Crippen LogP contribution is 2.31. The Kier molecular flexibility index (Phi) is 6.74. The zero-order valence-electron chi connectivity index (χ0n) is 21.2. The highest BCUT2D eigenvalue weighted by Gasteiger charge is 2.37. The molecule has 4 aromatic rings. The van der Waals surface area contributed by atoms with E-state index in [4.69, 9.17) is 16.3 Å². The molecule has 0 bridgehead atoms. The molecule has 6 nitrogen and oxygen atoms in total. The van der Waals surface area contributed by atoms with Gasteiger partial charge in [0.05, 0.1) is 10.7 Å². The minimum atomic E-state index is -0.781. The maximum Gasteiger partial charge on any atom is 0.335 e. The molecule has 4 amide bonds. The van der Waals surface area contributed by atoms with E-state index in [9.17, 15) is 14.4 Å². The predicted molar refractivity (Wildman–Crippen MR) is 149 cm³/mol. The van der Waals surface area contributed by atoms with Gasteiger partial charge in [-0.1, -0.05) is 66.2 Å². The number of imide groups is 2. The number of carbonyl (C=O) groups is 3. The average Bonchev–Trinajstić information content (AvgIpc) is 2.89. The summed E-state index contributed by atoms with van der Waals surface area (Å²) in [7, 11) is 0. The van der Waals surface area contributed by atoms with Gasteiger partial charge in [0.15, 0.2) is 0 Å². The number of benzene rings is 4. The molecule has 0 aromatic heterocycles. The van der Waals surface area contributed by atoms with Crippen LogP contribution < -0.4 is 15.0 Å². The Morgan fingerprint density at radius 3 is 2.45 bits per heavy atom. The highest BCUT2D eigenvalue weighted by atomic mass is 35.5. The molecule has 1 aliphatic heterocycles. The third-order valence-corrected chi connectivity index (χ3v) is 6.92. The van der Waals surface area contributed by atoms with Crippen molar-refractivity contribution in [1.29, 1.82) is 0 Å². The first-order valence-electron chi connectivity index (χ1n) is 12.1. The monoisotopic (exact) mass is 524 g/mol. The first kappa shape index (κ1) is 25.2. The molecule has 0 atom stereocenters. The first-order valence-corrected chi connectivity index (χ1v) is 12.5. The molecule has 38 heavy (non-hydrogen) atoms. The Balaban J connectivity index is 1.41. The third kappa shape index (κ3) is 4.78. The Morgan fingerprint density at radius 2 is 1.66 bits per heavy atom. The largest absolute Gasteiger partial charge is 0.487 e. The second kappa shape index (κ2) is 10.1. The van der Waals surface area contributed by atoms with Crippen molar-refractivity contribution >= 4 is 52.0 Å².